The van der Waals surface area contributed by atoms with Gasteiger partial charge in [0.15, 0.2) is 16.4 Å². The monoisotopic (exact) mass is 272 g/mol. The lowest BCUT2D eigenvalue weighted by molar-refractivity contribution is 0.481. The van der Waals surface area contributed by atoms with Crippen LogP contribution < -0.4 is 4.74 Å². The first-order valence-corrected chi connectivity index (χ1v) is 7.29. The zero-order valence-corrected chi connectivity index (χ0v) is 11.3. The van der Waals surface area contributed by atoms with Crippen molar-refractivity contribution in [1.82, 2.24) is 0 Å². The molecule has 3 rings (SSSR count). The van der Waals surface area contributed by atoms with Crippen LogP contribution in [0.3, 0.4) is 0 Å². The van der Waals surface area contributed by atoms with Gasteiger partial charge in [-0.3, -0.25) is 5.41 Å². The first-order valence-electron chi connectivity index (χ1n) is 6.05. The summed E-state index contributed by atoms with van der Waals surface area (Å²) in [6.45, 7) is 1.88. The fraction of sp³-hybridized carbons (Fsp3) is 0.133. The summed E-state index contributed by atoms with van der Waals surface area (Å²) in [4.78, 5) is 0.811. The van der Waals surface area contributed by atoms with Crippen molar-refractivity contribution in [3.05, 3.63) is 54.1 Å². The molecule has 0 aliphatic carbocycles. The SMILES string of the molecule is C[C@@H]1C(=N)c2ccc(Oc3ccccc3)cc2[S+]1O. The average Bonchev–Trinajstić information content (AvgIpc) is 2.65. The van der Waals surface area contributed by atoms with Crippen LogP contribution in [0.25, 0.3) is 0 Å². The Morgan fingerprint density at radius 2 is 1.84 bits per heavy atom. The van der Waals surface area contributed by atoms with Gasteiger partial charge in [0, 0.05) is 6.07 Å². The fourth-order valence-corrected chi connectivity index (χ4v) is 3.48. The van der Waals surface area contributed by atoms with E-state index in [2.05, 4.69) is 0 Å². The summed E-state index contributed by atoms with van der Waals surface area (Å²) in [5.41, 5.74) is 1.34. The minimum atomic E-state index is -0.895. The molecule has 1 aliphatic heterocycles. The van der Waals surface area contributed by atoms with Crippen molar-refractivity contribution < 1.29 is 9.29 Å². The van der Waals surface area contributed by atoms with Crippen molar-refractivity contribution in [1.29, 1.82) is 5.41 Å². The van der Waals surface area contributed by atoms with Gasteiger partial charge < -0.3 is 4.74 Å². The number of fused-ring (bicyclic) bond motifs is 1. The molecule has 0 aromatic heterocycles. The molecule has 3 nitrogen and oxygen atoms in total. The van der Waals surface area contributed by atoms with E-state index in [1.807, 2.05) is 55.5 Å². The normalized spacial score (nSPS) is 21.3. The van der Waals surface area contributed by atoms with E-state index in [1.165, 1.54) is 0 Å². The van der Waals surface area contributed by atoms with Crippen molar-refractivity contribution in [3.8, 4) is 11.5 Å². The van der Waals surface area contributed by atoms with Gasteiger partial charge in [-0.25, -0.2) is 0 Å². The molecule has 0 spiro atoms. The summed E-state index contributed by atoms with van der Waals surface area (Å²) in [7, 11) is 0. The zero-order chi connectivity index (χ0) is 13.4. The van der Waals surface area contributed by atoms with Crippen LogP contribution in [0.15, 0.2) is 53.4 Å². The standard InChI is InChI=1S/C15H14NO2S/c1-10-15(16)13-8-7-12(9-14(13)19(10)17)18-11-5-3-2-4-6-11/h2-10,16-17H,1H3/q+1/t10-,19?/m1/s1. The summed E-state index contributed by atoms with van der Waals surface area (Å²) in [5.74, 6) is 1.46. The Morgan fingerprint density at radius 1 is 1.11 bits per heavy atom. The second-order valence-electron chi connectivity index (χ2n) is 4.44. The molecule has 0 radical (unpaired) electrons. The fourth-order valence-electron chi connectivity index (χ4n) is 2.11. The van der Waals surface area contributed by atoms with Gasteiger partial charge in [-0.15, -0.1) is 0 Å². The van der Waals surface area contributed by atoms with Gasteiger partial charge in [0.05, 0.1) is 11.3 Å². The molecule has 96 valence electrons. The van der Waals surface area contributed by atoms with E-state index in [4.69, 9.17) is 10.1 Å². The molecule has 0 saturated heterocycles. The van der Waals surface area contributed by atoms with E-state index in [1.54, 1.807) is 0 Å². The van der Waals surface area contributed by atoms with Gasteiger partial charge in [-0.1, -0.05) is 18.2 Å². The van der Waals surface area contributed by atoms with E-state index in [0.29, 0.717) is 11.5 Å². The molecule has 0 fully saturated rings. The number of hydrogen-bond acceptors (Lipinski definition) is 3. The Morgan fingerprint density at radius 3 is 2.58 bits per heavy atom. The lowest BCUT2D eigenvalue weighted by atomic mass is 10.1. The molecule has 0 bridgehead atoms. The number of rotatable bonds is 2. The quantitative estimate of drug-likeness (QED) is 0.819. The molecule has 0 saturated carbocycles. The van der Waals surface area contributed by atoms with Crippen LogP contribution in [0, 0.1) is 5.41 Å². The van der Waals surface area contributed by atoms with Gasteiger partial charge in [0.1, 0.15) is 11.5 Å². The van der Waals surface area contributed by atoms with Crippen molar-refractivity contribution >= 4 is 16.9 Å². The van der Waals surface area contributed by atoms with Crippen LogP contribution in [0.1, 0.15) is 12.5 Å². The number of nitrogens with one attached hydrogen (secondary N) is 1. The van der Waals surface area contributed by atoms with Crippen molar-refractivity contribution in [2.45, 2.75) is 17.1 Å². The van der Waals surface area contributed by atoms with E-state index in [0.717, 1.165) is 16.2 Å². The first-order chi connectivity index (χ1) is 9.16. The smallest absolute Gasteiger partial charge is 0.203 e. The minimum absolute atomic E-state index is 0.123. The average molecular weight is 272 g/mol. The van der Waals surface area contributed by atoms with E-state index < -0.39 is 11.2 Å². The van der Waals surface area contributed by atoms with E-state index in [9.17, 15) is 4.55 Å². The molecule has 2 aromatic rings. The molecule has 2 aromatic carbocycles. The maximum absolute atomic E-state index is 10.1. The number of para-hydroxylation sites is 1. The predicted octanol–water partition coefficient (Wildman–Crippen LogP) is 3.70. The van der Waals surface area contributed by atoms with E-state index in [-0.39, 0.29) is 5.25 Å². The largest absolute Gasteiger partial charge is 0.457 e. The predicted molar refractivity (Wildman–Crippen MR) is 77.5 cm³/mol. The second-order valence-corrected chi connectivity index (χ2v) is 6.22. The van der Waals surface area contributed by atoms with E-state index >= 15 is 0 Å². The number of ether oxygens (including phenoxy) is 1. The lowest BCUT2D eigenvalue weighted by Crippen LogP contribution is -2.17. The highest BCUT2D eigenvalue weighted by molar-refractivity contribution is 7.93. The Balaban J connectivity index is 1.93. The Kier molecular flexibility index (Phi) is 3.05. The number of hydrogen-bond donors (Lipinski definition) is 2. The van der Waals surface area contributed by atoms with Gasteiger partial charge in [-0.05, 0) is 31.2 Å². The third kappa shape index (κ3) is 2.13. The molecule has 4 heteroatoms. The molecule has 1 aliphatic rings. The molecule has 0 amide bonds. The molecular weight excluding hydrogens is 258 g/mol. The number of benzene rings is 2. The third-order valence-electron chi connectivity index (χ3n) is 3.19. The Labute approximate surface area is 114 Å². The molecular formula is C15H14NO2S+. The minimum Gasteiger partial charge on any atom is -0.457 e. The van der Waals surface area contributed by atoms with Crippen LogP contribution in [0.4, 0.5) is 0 Å². The van der Waals surface area contributed by atoms with Gasteiger partial charge >= 0.3 is 0 Å². The van der Waals surface area contributed by atoms with Crippen LogP contribution in [-0.4, -0.2) is 15.5 Å². The molecule has 1 unspecified atom stereocenters. The summed E-state index contributed by atoms with van der Waals surface area (Å²) in [6, 6.07) is 15.1. The second kappa shape index (κ2) is 4.72. The third-order valence-corrected chi connectivity index (χ3v) is 4.88. The summed E-state index contributed by atoms with van der Waals surface area (Å²) >= 11 is -0.895. The Bertz CT molecular complexity index is 627. The van der Waals surface area contributed by atoms with Crippen molar-refractivity contribution in [2.24, 2.45) is 0 Å². The highest BCUT2D eigenvalue weighted by Gasteiger charge is 2.44. The summed E-state index contributed by atoms with van der Waals surface area (Å²) in [6.07, 6.45) is 0. The summed E-state index contributed by atoms with van der Waals surface area (Å²) in [5, 5.41) is 7.84. The molecule has 2 atom stereocenters. The van der Waals surface area contributed by atoms with Gasteiger partial charge in [0.25, 0.3) is 0 Å². The van der Waals surface area contributed by atoms with Crippen molar-refractivity contribution in [3.63, 3.8) is 0 Å². The van der Waals surface area contributed by atoms with Crippen molar-refractivity contribution in [2.75, 3.05) is 0 Å². The van der Waals surface area contributed by atoms with Crippen LogP contribution in [-0.2, 0) is 11.2 Å². The van der Waals surface area contributed by atoms with Crippen LogP contribution in [0.5, 0.6) is 11.5 Å². The summed E-state index contributed by atoms with van der Waals surface area (Å²) < 4.78 is 15.9. The molecule has 1 heterocycles. The van der Waals surface area contributed by atoms with Gasteiger partial charge in [0.2, 0.25) is 4.90 Å². The Hall–Kier alpha value is -1.78. The zero-order valence-electron chi connectivity index (χ0n) is 10.5. The van der Waals surface area contributed by atoms with Crippen LogP contribution in [0.2, 0.25) is 0 Å². The highest BCUT2D eigenvalue weighted by atomic mass is 32.2. The molecule has 2 N–H and O–H groups in total. The maximum Gasteiger partial charge on any atom is 0.203 e. The highest BCUT2D eigenvalue weighted by Crippen LogP contribution is 2.34. The molecule has 19 heavy (non-hydrogen) atoms. The maximum atomic E-state index is 10.1. The van der Waals surface area contributed by atoms with Gasteiger partial charge in [-0.2, -0.15) is 4.55 Å². The van der Waals surface area contributed by atoms with Crippen LogP contribution >= 0.6 is 0 Å². The lowest BCUT2D eigenvalue weighted by Gasteiger charge is -2.05. The first kappa shape index (κ1) is 12.3. The topological polar surface area (TPSA) is 53.3 Å².